The molecule has 0 unspecified atom stereocenters. The standard InChI is InChI=1S/C22H27ClN2O4S/c1-15-14-17(23)8-13-21(15)25-30(27,28)20-11-9-19(10-12-20)29-16(2)22(26)24-18-6-4-3-5-7-18/h8-14,16,18,25H,3-7H2,1-2H3,(H,24,26)/t16-/m0/s1. The van der Waals surface area contributed by atoms with E-state index in [0.29, 0.717) is 16.5 Å². The fourth-order valence-electron chi connectivity index (χ4n) is 3.47. The molecule has 2 aromatic rings. The molecule has 0 bridgehead atoms. The van der Waals surface area contributed by atoms with E-state index in [9.17, 15) is 13.2 Å². The van der Waals surface area contributed by atoms with Crippen LogP contribution < -0.4 is 14.8 Å². The van der Waals surface area contributed by atoms with Crippen molar-refractivity contribution in [2.24, 2.45) is 0 Å². The number of carbonyl (C=O) groups excluding carboxylic acids is 1. The maximum atomic E-state index is 12.7. The van der Waals surface area contributed by atoms with Crippen LogP contribution in [0, 0.1) is 6.92 Å². The molecule has 162 valence electrons. The lowest BCUT2D eigenvalue weighted by molar-refractivity contribution is -0.128. The summed E-state index contributed by atoms with van der Waals surface area (Å²) in [6.45, 7) is 3.47. The zero-order valence-electron chi connectivity index (χ0n) is 17.2. The van der Waals surface area contributed by atoms with E-state index in [0.717, 1.165) is 31.2 Å². The number of rotatable bonds is 7. The highest BCUT2D eigenvalue weighted by molar-refractivity contribution is 7.92. The Morgan fingerprint density at radius 1 is 1.10 bits per heavy atom. The predicted octanol–water partition coefficient (Wildman–Crippen LogP) is 4.67. The molecule has 1 amide bonds. The number of nitrogens with one attached hydrogen (secondary N) is 2. The highest BCUT2D eigenvalue weighted by atomic mass is 35.5. The van der Waals surface area contributed by atoms with Crippen LogP contribution >= 0.6 is 11.6 Å². The summed E-state index contributed by atoms with van der Waals surface area (Å²) in [4.78, 5) is 12.4. The van der Waals surface area contributed by atoms with Crippen molar-refractivity contribution >= 4 is 33.2 Å². The average Bonchev–Trinajstić information content (AvgIpc) is 2.71. The van der Waals surface area contributed by atoms with Gasteiger partial charge in [0.1, 0.15) is 5.75 Å². The van der Waals surface area contributed by atoms with Crippen LogP contribution in [-0.2, 0) is 14.8 Å². The van der Waals surface area contributed by atoms with Crippen LogP contribution in [0.15, 0.2) is 47.4 Å². The van der Waals surface area contributed by atoms with Crippen molar-refractivity contribution in [3.63, 3.8) is 0 Å². The minimum atomic E-state index is -3.76. The molecule has 0 aliphatic heterocycles. The largest absolute Gasteiger partial charge is 0.481 e. The van der Waals surface area contributed by atoms with Crippen molar-refractivity contribution in [3.8, 4) is 5.75 Å². The molecule has 1 saturated carbocycles. The van der Waals surface area contributed by atoms with Gasteiger partial charge < -0.3 is 10.1 Å². The summed E-state index contributed by atoms with van der Waals surface area (Å²) in [5.41, 5.74) is 1.19. The van der Waals surface area contributed by atoms with Gasteiger partial charge in [0.25, 0.3) is 15.9 Å². The fourth-order valence-corrected chi connectivity index (χ4v) is 4.82. The quantitative estimate of drug-likeness (QED) is 0.642. The zero-order chi connectivity index (χ0) is 21.7. The van der Waals surface area contributed by atoms with Crippen molar-refractivity contribution in [1.29, 1.82) is 0 Å². The lowest BCUT2D eigenvalue weighted by atomic mass is 9.95. The third kappa shape index (κ3) is 5.89. The molecule has 1 aliphatic rings. The number of hydrogen-bond donors (Lipinski definition) is 2. The van der Waals surface area contributed by atoms with Gasteiger partial charge in [0.05, 0.1) is 10.6 Å². The molecule has 0 radical (unpaired) electrons. The lowest BCUT2D eigenvalue weighted by Crippen LogP contribution is -2.43. The van der Waals surface area contributed by atoms with Gasteiger partial charge >= 0.3 is 0 Å². The van der Waals surface area contributed by atoms with Crippen LogP contribution in [0.1, 0.15) is 44.6 Å². The minimum Gasteiger partial charge on any atom is -0.481 e. The maximum Gasteiger partial charge on any atom is 0.261 e. The SMILES string of the molecule is Cc1cc(Cl)ccc1NS(=O)(=O)c1ccc(O[C@@H](C)C(=O)NC2CCCCC2)cc1. The van der Waals surface area contributed by atoms with E-state index in [-0.39, 0.29) is 16.8 Å². The average molecular weight is 451 g/mol. The van der Waals surface area contributed by atoms with Gasteiger partial charge in [-0.1, -0.05) is 30.9 Å². The van der Waals surface area contributed by atoms with Crippen LogP contribution in [0.4, 0.5) is 5.69 Å². The molecule has 0 spiro atoms. The Bertz CT molecular complexity index is 987. The normalized spacial score (nSPS) is 16.0. The van der Waals surface area contributed by atoms with Crippen molar-refractivity contribution < 1.29 is 17.9 Å². The second-order valence-corrected chi connectivity index (χ2v) is 9.76. The molecule has 0 saturated heterocycles. The minimum absolute atomic E-state index is 0.100. The van der Waals surface area contributed by atoms with Crippen LogP contribution in [0.5, 0.6) is 5.75 Å². The van der Waals surface area contributed by atoms with E-state index >= 15 is 0 Å². The predicted molar refractivity (Wildman–Crippen MR) is 119 cm³/mol. The zero-order valence-corrected chi connectivity index (χ0v) is 18.7. The topological polar surface area (TPSA) is 84.5 Å². The van der Waals surface area contributed by atoms with Gasteiger partial charge in [0, 0.05) is 11.1 Å². The van der Waals surface area contributed by atoms with Crippen molar-refractivity contribution in [3.05, 3.63) is 53.1 Å². The third-order valence-corrected chi connectivity index (χ3v) is 6.82. The molecule has 2 aromatic carbocycles. The van der Waals surface area contributed by atoms with Gasteiger partial charge in [-0.25, -0.2) is 8.42 Å². The first-order valence-electron chi connectivity index (χ1n) is 10.1. The molecule has 6 nitrogen and oxygen atoms in total. The molecular weight excluding hydrogens is 424 g/mol. The van der Waals surface area contributed by atoms with Crippen molar-refractivity contribution in [2.75, 3.05) is 4.72 Å². The van der Waals surface area contributed by atoms with Gasteiger partial charge in [-0.2, -0.15) is 0 Å². The smallest absolute Gasteiger partial charge is 0.261 e. The first-order valence-corrected chi connectivity index (χ1v) is 12.0. The van der Waals surface area contributed by atoms with Gasteiger partial charge in [-0.05, 0) is 74.7 Å². The van der Waals surface area contributed by atoms with E-state index in [1.54, 1.807) is 44.2 Å². The van der Waals surface area contributed by atoms with E-state index in [1.807, 2.05) is 0 Å². The highest BCUT2D eigenvalue weighted by Crippen LogP contribution is 2.24. The molecule has 1 aliphatic carbocycles. The number of aryl methyl sites for hydroxylation is 1. The number of benzene rings is 2. The molecule has 2 N–H and O–H groups in total. The summed E-state index contributed by atoms with van der Waals surface area (Å²) in [6.07, 6.45) is 4.85. The Labute approximate surface area is 183 Å². The Hall–Kier alpha value is -2.25. The van der Waals surface area contributed by atoms with Crippen LogP contribution in [0.2, 0.25) is 5.02 Å². The van der Waals surface area contributed by atoms with E-state index < -0.39 is 16.1 Å². The van der Waals surface area contributed by atoms with Crippen molar-refractivity contribution in [2.45, 2.75) is 63.0 Å². The molecule has 3 rings (SSSR count). The third-order valence-electron chi connectivity index (χ3n) is 5.20. The number of anilines is 1. The molecule has 8 heteroatoms. The molecule has 0 aromatic heterocycles. The van der Waals surface area contributed by atoms with Gasteiger partial charge in [-0.3, -0.25) is 9.52 Å². The number of halogens is 1. The van der Waals surface area contributed by atoms with Gasteiger partial charge in [0.15, 0.2) is 6.10 Å². The van der Waals surface area contributed by atoms with Crippen LogP contribution in [-0.4, -0.2) is 26.5 Å². The lowest BCUT2D eigenvalue weighted by Gasteiger charge is -2.24. The summed E-state index contributed by atoms with van der Waals surface area (Å²) in [6, 6.07) is 11.2. The summed E-state index contributed by atoms with van der Waals surface area (Å²) >= 11 is 5.92. The Morgan fingerprint density at radius 2 is 1.77 bits per heavy atom. The first-order chi connectivity index (χ1) is 14.2. The summed E-state index contributed by atoms with van der Waals surface area (Å²) in [7, 11) is -3.76. The van der Waals surface area contributed by atoms with Crippen LogP contribution in [0.3, 0.4) is 0 Å². The summed E-state index contributed by atoms with van der Waals surface area (Å²) < 4.78 is 33.6. The number of sulfonamides is 1. The number of ether oxygens (including phenoxy) is 1. The molecule has 1 fully saturated rings. The molecule has 30 heavy (non-hydrogen) atoms. The maximum absolute atomic E-state index is 12.7. The Kier molecular flexibility index (Phi) is 7.26. The fraction of sp³-hybridized carbons (Fsp3) is 0.409. The van der Waals surface area contributed by atoms with Gasteiger partial charge in [0.2, 0.25) is 0 Å². The summed E-state index contributed by atoms with van der Waals surface area (Å²) in [5.74, 6) is 0.279. The van der Waals surface area contributed by atoms with Crippen LogP contribution in [0.25, 0.3) is 0 Å². The van der Waals surface area contributed by atoms with E-state index in [1.165, 1.54) is 18.6 Å². The van der Waals surface area contributed by atoms with Crippen molar-refractivity contribution in [1.82, 2.24) is 5.32 Å². The number of hydrogen-bond acceptors (Lipinski definition) is 4. The Morgan fingerprint density at radius 3 is 2.40 bits per heavy atom. The number of carbonyl (C=O) groups is 1. The summed E-state index contributed by atoms with van der Waals surface area (Å²) in [5, 5.41) is 3.57. The second-order valence-electron chi connectivity index (χ2n) is 7.64. The van der Waals surface area contributed by atoms with E-state index in [2.05, 4.69) is 10.0 Å². The van der Waals surface area contributed by atoms with E-state index in [4.69, 9.17) is 16.3 Å². The molecule has 1 atom stereocenters. The monoisotopic (exact) mass is 450 g/mol. The Balaban J connectivity index is 1.61. The second kappa shape index (κ2) is 9.71. The van der Waals surface area contributed by atoms with Gasteiger partial charge in [-0.15, -0.1) is 0 Å². The first kappa shape index (κ1) is 22.4. The highest BCUT2D eigenvalue weighted by Gasteiger charge is 2.21. The molecule has 0 heterocycles. The number of amides is 1. The molecular formula is C22H27ClN2O4S.